The minimum atomic E-state index is -0.578. The van der Waals surface area contributed by atoms with Crippen molar-refractivity contribution in [1.82, 2.24) is 9.88 Å². The van der Waals surface area contributed by atoms with E-state index in [9.17, 15) is 9.59 Å². The van der Waals surface area contributed by atoms with E-state index in [0.29, 0.717) is 17.6 Å². The summed E-state index contributed by atoms with van der Waals surface area (Å²) < 4.78 is 6.44. The molecule has 2 rings (SSSR count). The summed E-state index contributed by atoms with van der Waals surface area (Å²) in [6.07, 6.45) is 0. The van der Waals surface area contributed by atoms with Crippen LogP contribution in [-0.4, -0.2) is 17.0 Å². The van der Waals surface area contributed by atoms with Crippen LogP contribution in [0, 0.1) is 0 Å². The fraction of sp³-hybridized carbons (Fsp3) is 0.333. The smallest absolute Gasteiger partial charge is 0.408 e. The molecule has 0 bridgehead atoms. The van der Waals surface area contributed by atoms with E-state index in [1.165, 1.54) is 4.57 Å². The number of hydrogen-bond donors (Lipinski definition) is 1. The van der Waals surface area contributed by atoms with Crippen LogP contribution in [0.15, 0.2) is 33.5 Å². The van der Waals surface area contributed by atoms with Gasteiger partial charge in [0.05, 0.1) is 5.52 Å². The molecule has 0 saturated heterocycles. The molecule has 5 nitrogen and oxygen atoms in total. The van der Waals surface area contributed by atoms with Crippen molar-refractivity contribution < 1.29 is 9.21 Å². The van der Waals surface area contributed by atoms with Gasteiger partial charge in [0.15, 0.2) is 5.58 Å². The molecule has 0 aliphatic rings. The Morgan fingerprint density at radius 3 is 2.88 bits per heavy atom. The van der Waals surface area contributed by atoms with E-state index in [-0.39, 0.29) is 5.91 Å². The summed E-state index contributed by atoms with van der Waals surface area (Å²) in [5, 5.41) is 2.69. The third-order valence-electron chi connectivity index (χ3n) is 2.64. The third kappa shape index (κ3) is 1.95. The summed E-state index contributed by atoms with van der Waals surface area (Å²) in [7, 11) is 0. The summed E-state index contributed by atoms with van der Waals surface area (Å²) in [6, 6.07) is 6.48. The molecule has 1 aromatic carbocycles. The van der Waals surface area contributed by atoms with Crippen molar-refractivity contribution in [1.29, 1.82) is 0 Å². The van der Waals surface area contributed by atoms with Gasteiger partial charge < -0.3 is 9.73 Å². The highest BCUT2D eigenvalue weighted by molar-refractivity contribution is 5.82. The van der Waals surface area contributed by atoms with E-state index >= 15 is 0 Å². The van der Waals surface area contributed by atoms with Gasteiger partial charge in [-0.3, -0.25) is 9.36 Å². The van der Waals surface area contributed by atoms with Crippen molar-refractivity contribution in [2.75, 3.05) is 6.54 Å². The number of likely N-dealkylation sites (N-methyl/N-ethyl adjacent to an activating group) is 1. The molecule has 1 aromatic heterocycles. The maximum atomic E-state index is 11.7. The molecular formula is C12H14N2O3. The molecule has 2 aromatic rings. The first kappa shape index (κ1) is 11.4. The van der Waals surface area contributed by atoms with E-state index in [1.54, 1.807) is 31.2 Å². The van der Waals surface area contributed by atoms with Crippen LogP contribution in [0.25, 0.3) is 11.1 Å². The maximum absolute atomic E-state index is 11.7. The van der Waals surface area contributed by atoms with Crippen LogP contribution in [0.4, 0.5) is 0 Å². The van der Waals surface area contributed by atoms with E-state index in [2.05, 4.69) is 5.32 Å². The molecule has 0 aliphatic carbocycles. The van der Waals surface area contributed by atoms with Crippen LogP contribution in [0.3, 0.4) is 0 Å². The van der Waals surface area contributed by atoms with Crippen molar-refractivity contribution in [3.8, 4) is 0 Å². The molecular weight excluding hydrogens is 220 g/mol. The lowest BCUT2D eigenvalue weighted by molar-refractivity contribution is -0.123. The Morgan fingerprint density at radius 1 is 1.47 bits per heavy atom. The predicted molar refractivity (Wildman–Crippen MR) is 63.9 cm³/mol. The van der Waals surface area contributed by atoms with Gasteiger partial charge >= 0.3 is 5.76 Å². The zero-order valence-corrected chi connectivity index (χ0v) is 9.77. The number of fused-ring (bicyclic) bond motifs is 1. The molecule has 0 fully saturated rings. The fourth-order valence-corrected chi connectivity index (χ4v) is 1.79. The van der Waals surface area contributed by atoms with Crippen LogP contribution >= 0.6 is 0 Å². The second kappa shape index (κ2) is 4.45. The van der Waals surface area contributed by atoms with Gasteiger partial charge in [0, 0.05) is 6.54 Å². The predicted octanol–water partition coefficient (Wildman–Crippen LogP) is 1.29. The highest BCUT2D eigenvalue weighted by atomic mass is 16.4. The molecule has 1 atom stereocenters. The molecule has 5 heteroatoms. The van der Waals surface area contributed by atoms with Crippen molar-refractivity contribution in [2.24, 2.45) is 0 Å². The number of carbonyl (C=O) groups excluding carboxylic acids is 1. The fourth-order valence-electron chi connectivity index (χ4n) is 1.79. The van der Waals surface area contributed by atoms with Crippen molar-refractivity contribution >= 4 is 17.0 Å². The second-order valence-corrected chi connectivity index (χ2v) is 3.78. The number of aromatic nitrogens is 1. The summed E-state index contributed by atoms with van der Waals surface area (Å²) in [5.41, 5.74) is 1.13. The molecule has 1 unspecified atom stereocenters. The van der Waals surface area contributed by atoms with Gasteiger partial charge in [0.1, 0.15) is 6.04 Å². The first-order valence-electron chi connectivity index (χ1n) is 5.53. The van der Waals surface area contributed by atoms with Gasteiger partial charge in [-0.05, 0) is 26.0 Å². The average molecular weight is 234 g/mol. The Morgan fingerprint density at radius 2 is 2.18 bits per heavy atom. The highest BCUT2D eigenvalue weighted by Gasteiger charge is 2.20. The molecule has 1 heterocycles. The van der Waals surface area contributed by atoms with Crippen LogP contribution in [-0.2, 0) is 4.79 Å². The number of benzene rings is 1. The molecule has 0 spiro atoms. The van der Waals surface area contributed by atoms with Crippen LogP contribution in [0.2, 0.25) is 0 Å². The summed E-state index contributed by atoms with van der Waals surface area (Å²) in [4.78, 5) is 23.4. The Labute approximate surface area is 98.0 Å². The second-order valence-electron chi connectivity index (χ2n) is 3.78. The van der Waals surface area contributed by atoms with Gasteiger partial charge in [-0.15, -0.1) is 0 Å². The Balaban J connectivity index is 2.51. The highest BCUT2D eigenvalue weighted by Crippen LogP contribution is 2.16. The van der Waals surface area contributed by atoms with Gasteiger partial charge in [0.25, 0.3) is 0 Å². The van der Waals surface area contributed by atoms with Crippen molar-refractivity contribution in [2.45, 2.75) is 19.9 Å². The third-order valence-corrected chi connectivity index (χ3v) is 2.64. The number of para-hydroxylation sites is 2. The van der Waals surface area contributed by atoms with Crippen LogP contribution < -0.4 is 11.1 Å². The zero-order chi connectivity index (χ0) is 12.4. The zero-order valence-electron chi connectivity index (χ0n) is 9.77. The van der Waals surface area contributed by atoms with Crippen molar-refractivity contribution in [3.63, 3.8) is 0 Å². The Hall–Kier alpha value is -2.04. The van der Waals surface area contributed by atoms with E-state index < -0.39 is 11.8 Å². The SMILES string of the molecule is CCNC(=O)C(C)n1c(=O)oc2ccccc21. The number of oxazole rings is 1. The Bertz CT molecular complexity index is 597. The lowest BCUT2D eigenvalue weighted by Gasteiger charge is -2.11. The summed E-state index contributed by atoms with van der Waals surface area (Å²) in [5.74, 6) is -0.703. The largest absolute Gasteiger partial charge is 0.420 e. The molecule has 17 heavy (non-hydrogen) atoms. The number of hydrogen-bond acceptors (Lipinski definition) is 3. The van der Waals surface area contributed by atoms with Crippen LogP contribution in [0.1, 0.15) is 19.9 Å². The van der Waals surface area contributed by atoms with Crippen LogP contribution in [0.5, 0.6) is 0 Å². The Kier molecular flexibility index (Phi) is 2.99. The summed E-state index contributed by atoms with van der Waals surface area (Å²) in [6.45, 7) is 4.04. The molecule has 1 amide bonds. The minimum absolute atomic E-state index is 0.193. The standard InChI is InChI=1S/C12H14N2O3/c1-3-13-11(15)8(2)14-9-6-4-5-7-10(9)17-12(14)16/h4-8H,3H2,1-2H3,(H,13,15). The minimum Gasteiger partial charge on any atom is -0.408 e. The van der Waals surface area contributed by atoms with E-state index in [0.717, 1.165) is 0 Å². The van der Waals surface area contributed by atoms with Gasteiger partial charge in [-0.1, -0.05) is 12.1 Å². The molecule has 90 valence electrons. The monoisotopic (exact) mass is 234 g/mol. The molecule has 1 N–H and O–H groups in total. The van der Waals surface area contributed by atoms with Gasteiger partial charge in [0.2, 0.25) is 5.91 Å². The van der Waals surface area contributed by atoms with Gasteiger partial charge in [-0.2, -0.15) is 0 Å². The normalized spacial score (nSPS) is 12.6. The molecule has 0 radical (unpaired) electrons. The summed E-state index contributed by atoms with van der Waals surface area (Å²) >= 11 is 0. The van der Waals surface area contributed by atoms with Crippen molar-refractivity contribution in [3.05, 3.63) is 34.8 Å². The molecule has 0 saturated carbocycles. The lowest BCUT2D eigenvalue weighted by atomic mass is 10.2. The number of carbonyl (C=O) groups is 1. The van der Waals surface area contributed by atoms with E-state index in [4.69, 9.17) is 4.42 Å². The molecule has 0 aliphatic heterocycles. The number of nitrogens with one attached hydrogen (secondary N) is 1. The lowest BCUT2D eigenvalue weighted by Crippen LogP contribution is -2.34. The number of nitrogens with zero attached hydrogens (tertiary/aromatic N) is 1. The first-order valence-corrected chi connectivity index (χ1v) is 5.53. The quantitative estimate of drug-likeness (QED) is 0.870. The van der Waals surface area contributed by atoms with E-state index in [1.807, 2.05) is 6.92 Å². The number of amides is 1. The first-order chi connectivity index (χ1) is 8.15. The number of rotatable bonds is 3. The average Bonchev–Trinajstić information content (AvgIpc) is 2.64. The topological polar surface area (TPSA) is 64.2 Å². The van der Waals surface area contributed by atoms with Gasteiger partial charge in [-0.25, -0.2) is 4.79 Å². The maximum Gasteiger partial charge on any atom is 0.420 e.